The van der Waals surface area contributed by atoms with Crippen molar-refractivity contribution < 1.29 is 29.5 Å². The summed E-state index contributed by atoms with van der Waals surface area (Å²) in [5, 5.41) is 29.9. The number of anilines is 1. The summed E-state index contributed by atoms with van der Waals surface area (Å²) in [4.78, 5) is 28.9. The molecule has 2 amide bonds. The molecule has 3 aromatic carbocycles. The molecule has 9 heteroatoms. The summed E-state index contributed by atoms with van der Waals surface area (Å²) in [5.41, 5.74) is 5.77. The third-order valence-corrected chi connectivity index (χ3v) is 9.70. The Morgan fingerprint density at radius 3 is 2.52 bits per heavy atom. The van der Waals surface area contributed by atoms with E-state index in [0.717, 1.165) is 26.7 Å². The van der Waals surface area contributed by atoms with Crippen molar-refractivity contribution in [2.24, 2.45) is 23.7 Å². The van der Waals surface area contributed by atoms with Gasteiger partial charge in [0.1, 0.15) is 5.75 Å². The second-order valence-corrected chi connectivity index (χ2v) is 13.1. The number of aromatic hydroxyl groups is 1. The van der Waals surface area contributed by atoms with Crippen molar-refractivity contribution in [3.8, 4) is 5.75 Å². The average Bonchev–Trinajstić information content (AvgIpc) is 3.54. The van der Waals surface area contributed by atoms with E-state index in [-0.39, 0.29) is 41.0 Å². The zero-order chi connectivity index (χ0) is 31.1. The normalized spacial score (nSPS) is 23.4. The molecule has 6 rings (SSSR count). The minimum Gasteiger partial charge on any atom is -0.507 e. The van der Waals surface area contributed by atoms with Crippen LogP contribution in [0, 0.1) is 23.7 Å². The van der Waals surface area contributed by atoms with Crippen LogP contribution >= 0.6 is 15.9 Å². The third-order valence-electron chi connectivity index (χ3n) is 9.21. The van der Waals surface area contributed by atoms with Crippen LogP contribution in [-0.2, 0) is 14.3 Å². The number of benzene rings is 3. The van der Waals surface area contributed by atoms with Gasteiger partial charge >= 0.3 is 7.12 Å². The molecular formula is C35H35BBrNO6. The predicted octanol–water partition coefficient (Wildman–Crippen LogP) is 5.33. The number of nitrogens with zero attached hydrogens (tertiary/aromatic N) is 1. The van der Waals surface area contributed by atoms with Crippen LogP contribution in [0.2, 0.25) is 0 Å². The summed E-state index contributed by atoms with van der Waals surface area (Å²) in [6, 6.07) is 21.8. The van der Waals surface area contributed by atoms with E-state index >= 15 is 0 Å². The Balaban J connectivity index is 1.30. The smallest absolute Gasteiger partial charge is 0.488 e. The maximum Gasteiger partial charge on any atom is 0.488 e. The van der Waals surface area contributed by atoms with Crippen molar-refractivity contribution in [3.63, 3.8) is 0 Å². The molecule has 3 aliphatic rings. The highest BCUT2D eigenvalue weighted by Gasteiger charge is 2.57. The summed E-state index contributed by atoms with van der Waals surface area (Å²) >= 11 is 3.51. The van der Waals surface area contributed by atoms with Crippen LogP contribution in [0.25, 0.3) is 11.6 Å². The van der Waals surface area contributed by atoms with Crippen LogP contribution in [0.5, 0.6) is 5.75 Å². The van der Waals surface area contributed by atoms with E-state index in [1.54, 1.807) is 30.3 Å². The number of phenols is 1. The minimum absolute atomic E-state index is 0.185. The SMILES string of the molecule is CC(C)C1=C2[C@@H](CC/C(=C/c3cc(Br)ccc3O)c3ccccc3)OC[C@@H]2[C@@H]2C(=O)N(c3cccc(B(O)O)c3)C(=O)[C@@H]2C1. The van der Waals surface area contributed by atoms with Gasteiger partial charge in [0.2, 0.25) is 11.8 Å². The minimum atomic E-state index is -1.70. The molecule has 3 N–H and O–H groups in total. The number of allylic oxidation sites excluding steroid dienone is 2. The number of carbonyl (C=O) groups excluding carboxylic acids is 2. The molecule has 0 bridgehead atoms. The zero-order valence-electron chi connectivity index (χ0n) is 24.7. The Morgan fingerprint density at radius 2 is 1.80 bits per heavy atom. The molecular weight excluding hydrogens is 621 g/mol. The van der Waals surface area contributed by atoms with Gasteiger partial charge in [-0.1, -0.05) is 77.8 Å². The van der Waals surface area contributed by atoms with E-state index in [2.05, 4.69) is 41.9 Å². The fourth-order valence-corrected chi connectivity index (χ4v) is 7.48. The summed E-state index contributed by atoms with van der Waals surface area (Å²) in [7, 11) is -1.70. The maximum atomic E-state index is 13.9. The van der Waals surface area contributed by atoms with Crippen LogP contribution in [0.15, 0.2) is 88.4 Å². The number of imide groups is 1. The Kier molecular flexibility index (Phi) is 8.66. The van der Waals surface area contributed by atoms with E-state index < -0.39 is 19.0 Å². The molecule has 2 aliphatic heterocycles. The molecule has 0 saturated carbocycles. The van der Waals surface area contributed by atoms with Gasteiger partial charge in [0, 0.05) is 16.0 Å². The molecule has 44 heavy (non-hydrogen) atoms. The van der Waals surface area contributed by atoms with Crippen LogP contribution in [0.1, 0.15) is 44.2 Å². The summed E-state index contributed by atoms with van der Waals surface area (Å²) in [5.74, 6) is -1.29. The van der Waals surface area contributed by atoms with Gasteiger partial charge < -0.3 is 19.9 Å². The fraction of sp³-hybridized carbons (Fsp3) is 0.314. The highest BCUT2D eigenvalue weighted by molar-refractivity contribution is 9.10. The van der Waals surface area contributed by atoms with E-state index in [4.69, 9.17) is 4.74 Å². The lowest BCUT2D eigenvalue weighted by molar-refractivity contribution is -0.122. The second kappa shape index (κ2) is 12.5. The van der Waals surface area contributed by atoms with Gasteiger partial charge in [-0.15, -0.1) is 0 Å². The molecule has 226 valence electrons. The van der Waals surface area contributed by atoms with Gasteiger partial charge in [-0.25, -0.2) is 0 Å². The maximum absolute atomic E-state index is 13.9. The fourth-order valence-electron chi connectivity index (χ4n) is 7.11. The Morgan fingerprint density at radius 1 is 1.02 bits per heavy atom. The van der Waals surface area contributed by atoms with Crippen molar-refractivity contribution in [2.75, 3.05) is 11.5 Å². The Labute approximate surface area is 266 Å². The van der Waals surface area contributed by atoms with Gasteiger partial charge in [-0.2, -0.15) is 0 Å². The van der Waals surface area contributed by atoms with Gasteiger partial charge in [-0.3, -0.25) is 14.5 Å². The van der Waals surface area contributed by atoms with Crippen molar-refractivity contribution >= 4 is 57.7 Å². The number of rotatable bonds is 8. The van der Waals surface area contributed by atoms with Gasteiger partial charge in [0.05, 0.1) is 30.2 Å². The first-order valence-electron chi connectivity index (χ1n) is 15.1. The van der Waals surface area contributed by atoms with Crippen LogP contribution < -0.4 is 10.4 Å². The topological polar surface area (TPSA) is 107 Å². The average molecular weight is 656 g/mol. The number of amides is 2. The van der Waals surface area contributed by atoms with Crippen molar-refractivity contribution in [3.05, 3.63) is 99.5 Å². The Hall–Kier alpha value is -3.50. The van der Waals surface area contributed by atoms with Gasteiger partial charge in [-0.05, 0) is 83.8 Å². The first kappa shape index (κ1) is 30.5. The quantitative estimate of drug-likeness (QED) is 0.131. The molecule has 2 saturated heterocycles. The zero-order valence-corrected chi connectivity index (χ0v) is 26.3. The molecule has 1 aliphatic carbocycles. The second-order valence-electron chi connectivity index (χ2n) is 12.2. The van der Waals surface area contributed by atoms with E-state index in [1.807, 2.05) is 30.3 Å². The lowest BCUT2D eigenvalue weighted by Gasteiger charge is -2.33. The van der Waals surface area contributed by atoms with E-state index in [1.165, 1.54) is 16.5 Å². The number of hydrogen-bond donors (Lipinski definition) is 3. The number of halogens is 1. The number of ether oxygens (including phenoxy) is 1. The predicted molar refractivity (Wildman–Crippen MR) is 175 cm³/mol. The van der Waals surface area contributed by atoms with Crippen LogP contribution in [0.3, 0.4) is 0 Å². The van der Waals surface area contributed by atoms with Crippen LogP contribution in [0.4, 0.5) is 5.69 Å². The van der Waals surface area contributed by atoms with Gasteiger partial charge in [0.25, 0.3) is 0 Å². The van der Waals surface area contributed by atoms with Crippen molar-refractivity contribution in [1.29, 1.82) is 0 Å². The molecule has 7 nitrogen and oxygen atoms in total. The molecule has 0 spiro atoms. The number of carbonyl (C=O) groups is 2. The Bertz CT molecular complexity index is 1650. The molecule has 3 aromatic rings. The summed E-state index contributed by atoms with van der Waals surface area (Å²) in [6.45, 7) is 4.63. The largest absolute Gasteiger partial charge is 0.507 e. The molecule has 2 fully saturated rings. The number of hydrogen-bond acceptors (Lipinski definition) is 6. The highest BCUT2D eigenvalue weighted by Crippen LogP contribution is 2.52. The molecule has 4 atom stereocenters. The van der Waals surface area contributed by atoms with Crippen molar-refractivity contribution in [2.45, 2.75) is 39.2 Å². The highest BCUT2D eigenvalue weighted by atomic mass is 79.9. The number of phenolic OH excluding ortho intramolecular Hbond substituents is 1. The molecule has 0 radical (unpaired) electrons. The third kappa shape index (κ3) is 5.70. The van der Waals surface area contributed by atoms with Crippen molar-refractivity contribution in [1.82, 2.24) is 0 Å². The lowest BCUT2D eigenvalue weighted by Crippen LogP contribution is -2.36. The van der Waals surface area contributed by atoms with Gasteiger partial charge in [0.15, 0.2) is 0 Å². The molecule has 0 unspecified atom stereocenters. The standard InChI is InChI=1S/C35H35BBrNO6/c1-20(2)27-18-28-33(35(41)38(34(28)40)26-10-6-9-24(17-26)36(42)43)29-19-44-31(32(27)29)14-11-22(21-7-4-3-5-8-21)15-23-16-25(37)12-13-30(23)39/h3-10,12-13,15-17,20,28-29,31,33,39,42-43H,11,14,18-19H2,1-2H3/b22-15-/t28-,29+,31-,33-/m1/s1. The lowest BCUT2D eigenvalue weighted by atomic mass is 9.67. The summed E-state index contributed by atoms with van der Waals surface area (Å²) in [6.07, 6.45) is 3.71. The first-order valence-corrected chi connectivity index (χ1v) is 15.9. The van der Waals surface area contributed by atoms with E-state index in [9.17, 15) is 24.7 Å². The number of fused-ring (bicyclic) bond motifs is 3. The van der Waals surface area contributed by atoms with Crippen LogP contribution in [-0.4, -0.2) is 46.8 Å². The monoisotopic (exact) mass is 655 g/mol. The molecule has 2 heterocycles. The molecule has 0 aromatic heterocycles. The first-order chi connectivity index (χ1) is 21.1. The van der Waals surface area contributed by atoms with E-state index in [0.29, 0.717) is 31.6 Å². The summed E-state index contributed by atoms with van der Waals surface area (Å²) < 4.78 is 7.33.